The van der Waals surface area contributed by atoms with Crippen LogP contribution in [0.15, 0.2) is 10.7 Å². The summed E-state index contributed by atoms with van der Waals surface area (Å²) in [6.45, 7) is 2.91. The smallest absolute Gasteiger partial charge is 0.0886 e. The molecule has 5 heteroatoms. The molecule has 0 aromatic carbocycles. The summed E-state index contributed by atoms with van der Waals surface area (Å²) < 4.78 is 8.87. The second kappa shape index (κ2) is 6.37. The molecule has 1 fully saturated rings. The minimum absolute atomic E-state index is 0.132. The first-order chi connectivity index (χ1) is 9.14. The fourth-order valence-corrected chi connectivity index (χ4v) is 3.69. The standard InChI is InChI=1S/C14H24BrN3O/c1-3-18-12(11(15)10-17-18)13(16)14(19-2)8-6-4-5-7-9-14/h10,13H,3-9,16H2,1-2H3. The van der Waals surface area contributed by atoms with Crippen molar-refractivity contribution in [1.29, 1.82) is 0 Å². The van der Waals surface area contributed by atoms with Crippen LogP contribution in [0.2, 0.25) is 0 Å². The lowest BCUT2D eigenvalue weighted by Gasteiger charge is -2.37. The van der Waals surface area contributed by atoms with Gasteiger partial charge in [-0.2, -0.15) is 5.10 Å². The molecule has 1 aliphatic carbocycles. The fourth-order valence-electron chi connectivity index (χ4n) is 3.15. The Hall–Kier alpha value is -0.390. The van der Waals surface area contributed by atoms with Crippen LogP contribution in [0.25, 0.3) is 0 Å². The maximum atomic E-state index is 6.59. The molecular formula is C14H24BrN3O. The van der Waals surface area contributed by atoms with Gasteiger partial charge < -0.3 is 10.5 Å². The van der Waals surface area contributed by atoms with E-state index in [1.54, 1.807) is 7.11 Å². The van der Waals surface area contributed by atoms with E-state index in [0.29, 0.717) is 0 Å². The highest BCUT2D eigenvalue weighted by Gasteiger charge is 2.40. The van der Waals surface area contributed by atoms with Crippen LogP contribution in [0.1, 0.15) is 57.2 Å². The first kappa shape index (κ1) is 15.0. The van der Waals surface area contributed by atoms with E-state index in [-0.39, 0.29) is 11.6 Å². The van der Waals surface area contributed by atoms with Crippen LogP contribution < -0.4 is 5.73 Å². The van der Waals surface area contributed by atoms with E-state index in [4.69, 9.17) is 10.5 Å². The third kappa shape index (κ3) is 2.88. The fraction of sp³-hybridized carbons (Fsp3) is 0.786. The van der Waals surface area contributed by atoms with Gasteiger partial charge in [-0.3, -0.25) is 4.68 Å². The van der Waals surface area contributed by atoms with Gasteiger partial charge in [-0.1, -0.05) is 25.7 Å². The summed E-state index contributed by atoms with van der Waals surface area (Å²) in [5.41, 5.74) is 7.41. The van der Waals surface area contributed by atoms with Gasteiger partial charge in [0.05, 0.1) is 28.0 Å². The quantitative estimate of drug-likeness (QED) is 0.861. The van der Waals surface area contributed by atoms with Crippen molar-refractivity contribution in [3.63, 3.8) is 0 Å². The van der Waals surface area contributed by atoms with Crippen LogP contribution in [0.5, 0.6) is 0 Å². The summed E-state index contributed by atoms with van der Waals surface area (Å²) in [4.78, 5) is 0. The van der Waals surface area contributed by atoms with Gasteiger partial charge in [-0.15, -0.1) is 0 Å². The molecule has 1 aromatic heterocycles. The molecular weight excluding hydrogens is 306 g/mol. The molecule has 0 radical (unpaired) electrons. The molecule has 1 atom stereocenters. The Morgan fingerprint density at radius 2 is 2.05 bits per heavy atom. The van der Waals surface area contributed by atoms with Gasteiger partial charge in [-0.25, -0.2) is 0 Å². The van der Waals surface area contributed by atoms with Crippen LogP contribution >= 0.6 is 15.9 Å². The van der Waals surface area contributed by atoms with E-state index >= 15 is 0 Å². The predicted octanol–water partition coefficient (Wildman–Crippen LogP) is 3.40. The lowest BCUT2D eigenvalue weighted by atomic mass is 9.84. The Bertz CT molecular complexity index is 411. The summed E-state index contributed by atoms with van der Waals surface area (Å²) in [5, 5.41) is 4.37. The van der Waals surface area contributed by atoms with Crippen molar-refractivity contribution >= 4 is 15.9 Å². The SMILES string of the molecule is CCn1ncc(Br)c1C(N)C1(OC)CCCCCC1. The molecule has 2 N–H and O–H groups in total. The average Bonchev–Trinajstić information content (AvgIpc) is 2.65. The maximum absolute atomic E-state index is 6.59. The van der Waals surface area contributed by atoms with E-state index in [1.807, 2.05) is 10.9 Å². The highest BCUT2D eigenvalue weighted by Crippen LogP contribution is 2.40. The summed E-state index contributed by atoms with van der Waals surface area (Å²) >= 11 is 3.58. The highest BCUT2D eigenvalue weighted by molar-refractivity contribution is 9.10. The number of aryl methyl sites for hydroxylation is 1. The molecule has 0 bridgehead atoms. The van der Waals surface area contributed by atoms with Crippen molar-refractivity contribution in [2.45, 2.75) is 63.6 Å². The second-order valence-electron chi connectivity index (χ2n) is 5.35. The average molecular weight is 330 g/mol. The number of hydrogen-bond donors (Lipinski definition) is 1. The molecule has 4 nitrogen and oxygen atoms in total. The number of methoxy groups -OCH3 is 1. The Morgan fingerprint density at radius 1 is 1.42 bits per heavy atom. The minimum Gasteiger partial charge on any atom is -0.376 e. The van der Waals surface area contributed by atoms with Crippen molar-refractivity contribution in [3.8, 4) is 0 Å². The number of halogens is 1. The lowest BCUT2D eigenvalue weighted by molar-refractivity contribution is -0.0462. The predicted molar refractivity (Wildman–Crippen MR) is 80.0 cm³/mol. The number of hydrogen-bond acceptors (Lipinski definition) is 3. The van der Waals surface area contributed by atoms with Crippen LogP contribution in [0.4, 0.5) is 0 Å². The monoisotopic (exact) mass is 329 g/mol. The highest BCUT2D eigenvalue weighted by atomic mass is 79.9. The summed E-state index contributed by atoms with van der Waals surface area (Å²) in [6.07, 6.45) is 8.85. The molecule has 0 aliphatic heterocycles. The Labute approximate surface area is 123 Å². The number of ether oxygens (including phenoxy) is 1. The van der Waals surface area contributed by atoms with E-state index in [2.05, 4.69) is 28.0 Å². The number of nitrogens with zero attached hydrogens (tertiary/aromatic N) is 2. The molecule has 0 spiro atoms. The van der Waals surface area contributed by atoms with Gasteiger partial charge in [0, 0.05) is 13.7 Å². The number of rotatable bonds is 4. The van der Waals surface area contributed by atoms with E-state index in [0.717, 1.165) is 29.6 Å². The van der Waals surface area contributed by atoms with Crippen molar-refractivity contribution in [2.75, 3.05) is 7.11 Å². The van der Waals surface area contributed by atoms with Crippen LogP contribution in [0.3, 0.4) is 0 Å². The zero-order chi connectivity index (χ0) is 13.9. The Morgan fingerprint density at radius 3 is 2.58 bits per heavy atom. The van der Waals surface area contributed by atoms with E-state index in [1.165, 1.54) is 25.7 Å². The van der Waals surface area contributed by atoms with Gasteiger partial charge in [0.2, 0.25) is 0 Å². The molecule has 1 saturated carbocycles. The summed E-state index contributed by atoms with van der Waals surface area (Å²) in [7, 11) is 1.80. The van der Waals surface area contributed by atoms with Crippen molar-refractivity contribution in [3.05, 3.63) is 16.4 Å². The second-order valence-corrected chi connectivity index (χ2v) is 6.21. The molecule has 0 saturated heterocycles. The van der Waals surface area contributed by atoms with Gasteiger partial charge >= 0.3 is 0 Å². The van der Waals surface area contributed by atoms with E-state index in [9.17, 15) is 0 Å². The molecule has 0 amide bonds. The number of aromatic nitrogens is 2. The molecule has 1 aromatic rings. The normalized spacial score (nSPS) is 21.1. The van der Waals surface area contributed by atoms with Crippen LogP contribution in [-0.2, 0) is 11.3 Å². The molecule has 2 rings (SSSR count). The maximum Gasteiger partial charge on any atom is 0.0886 e. The third-order valence-corrected chi connectivity index (χ3v) is 4.96. The van der Waals surface area contributed by atoms with Crippen molar-refractivity contribution in [2.24, 2.45) is 5.73 Å². The zero-order valence-corrected chi connectivity index (χ0v) is 13.4. The Kier molecular flexibility index (Phi) is 5.03. The molecule has 1 aliphatic rings. The number of nitrogens with two attached hydrogens (primary N) is 1. The minimum atomic E-state index is -0.244. The first-order valence-electron chi connectivity index (χ1n) is 7.16. The van der Waals surface area contributed by atoms with E-state index < -0.39 is 0 Å². The lowest BCUT2D eigenvalue weighted by Crippen LogP contribution is -2.44. The molecule has 19 heavy (non-hydrogen) atoms. The van der Waals surface area contributed by atoms with Gasteiger partial charge in [0.15, 0.2) is 0 Å². The third-order valence-electron chi connectivity index (χ3n) is 4.35. The van der Waals surface area contributed by atoms with Gasteiger partial charge in [0.1, 0.15) is 0 Å². The van der Waals surface area contributed by atoms with Crippen molar-refractivity contribution in [1.82, 2.24) is 9.78 Å². The van der Waals surface area contributed by atoms with Crippen LogP contribution in [0, 0.1) is 0 Å². The van der Waals surface area contributed by atoms with Gasteiger partial charge in [0.25, 0.3) is 0 Å². The van der Waals surface area contributed by atoms with Crippen molar-refractivity contribution < 1.29 is 4.74 Å². The zero-order valence-electron chi connectivity index (χ0n) is 11.9. The molecule has 1 heterocycles. The summed E-state index contributed by atoms with van der Waals surface area (Å²) in [6, 6.07) is -0.132. The van der Waals surface area contributed by atoms with Crippen LogP contribution in [-0.4, -0.2) is 22.5 Å². The topological polar surface area (TPSA) is 53.1 Å². The first-order valence-corrected chi connectivity index (χ1v) is 7.96. The van der Waals surface area contributed by atoms with Gasteiger partial charge in [-0.05, 0) is 35.7 Å². The summed E-state index contributed by atoms with van der Waals surface area (Å²) in [5.74, 6) is 0. The molecule has 1 unspecified atom stereocenters. The molecule has 108 valence electrons. The Balaban J connectivity index is 2.33. The largest absolute Gasteiger partial charge is 0.376 e.